The van der Waals surface area contributed by atoms with Crippen LogP contribution in [-0.2, 0) is 16.6 Å². The summed E-state index contributed by atoms with van der Waals surface area (Å²) in [5.74, 6) is 0.752. The van der Waals surface area contributed by atoms with Crippen LogP contribution in [0, 0.1) is 0 Å². The van der Waals surface area contributed by atoms with Gasteiger partial charge in [-0.15, -0.1) is 0 Å². The van der Waals surface area contributed by atoms with Gasteiger partial charge in [-0.2, -0.15) is 0 Å². The molecule has 0 radical (unpaired) electrons. The van der Waals surface area contributed by atoms with E-state index in [1.54, 1.807) is 36.4 Å². The van der Waals surface area contributed by atoms with Crippen LogP contribution in [0.2, 0.25) is 0 Å². The Morgan fingerprint density at radius 1 is 0.838 bits per heavy atom. The van der Waals surface area contributed by atoms with Gasteiger partial charge in [0, 0.05) is 18.0 Å². The first-order valence-electron chi connectivity index (χ1n) is 12.2. The van der Waals surface area contributed by atoms with Crippen molar-refractivity contribution in [2.45, 2.75) is 30.2 Å². The number of carbonyl (C=O) groups is 1. The third-order valence-corrected chi connectivity index (χ3v) is 8.01. The highest BCUT2D eigenvalue weighted by Crippen LogP contribution is 2.41. The van der Waals surface area contributed by atoms with Gasteiger partial charge in [0.2, 0.25) is 0 Å². The molecule has 1 aliphatic rings. The van der Waals surface area contributed by atoms with Crippen molar-refractivity contribution < 1.29 is 13.2 Å². The predicted octanol–water partition coefficient (Wildman–Crippen LogP) is 5.75. The van der Waals surface area contributed by atoms with Crippen molar-refractivity contribution in [3.05, 3.63) is 120 Å². The highest BCUT2D eigenvalue weighted by Gasteiger charge is 2.30. The molecule has 1 N–H and O–H groups in total. The van der Waals surface area contributed by atoms with Gasteiger partial charge in [0.15, 0.2) is 0 Å². The highest BCUT2D eigenvalue weighted by molar-refractivity contribution is 7.90. The second-order valence-electron chi connectivity index (χ2n) is 9.34. The molecule has 1 aliphatic carbocycles. The van der Waals surface area contributed by atoms with Crippen molar-refractivity contribution in [1.29, 1.82) is 0 Å². The number of carbonyl (C=O) groups excluding carboxylic acids is 1. The molecule has 6 nitrogen and oxygen atoms in total. The summed E-state index contributed by atoms with van der Waals surface area (Å²) in [5.41, 5.74) is 5.34. The van der Waals surface area contributed by atoms with Crippen molar-refractivity contribution in [1.82, 2.24) is 14.3 Å². The fraction of sp³-hybridized carbons (Fsp3) is 0.133. The minimum atomic E-state index is -3.97. The minimum Gasteiger partial charge on any atom is -0.323 e. The van der Waals surface area contributed by atoms with Gasteiger partial charge >= 0.3 is 0 Å². The van der Waals surface area contributed by atoms with E-state index < -0.39 is 15.9 Å². The summed E-state index contributed by atoms with van der Waals surface area (Å²) in [5, 5.41) is 0. The molecule has 37 heavy (non-hydrogen) atoms. The molecular formula is C30H25N3O3S. The second kappa shape index (κ2) is 9.33. The molecule has 1 amide bonds. The summed E-state index contributed by atoms with van der Waals surface area (Å²) >= 11 is 0. The van der Waals surface area contributed by atoms with Crippen LogP contribution < -0.4 is 4.72 Å². The van der Waals surface area contributed by atoms with Gasteiger partial charge in [0.1, 0.15) is 5.82 Å². The van der Waals surface area contributed by atoms with E-state index in [2.05, 4.69) is 45.7 Å². The Morgan fingerprint density at radius 2 is 1.49 bits per heavy atom. The molecule has 0 atom stereocenters. The third kappa shape index (κ3) is 4.78. The Morgan fingerprint density at radius 3 is 2.16 bits per heavy atom. The molecule has 5 aromatic rings. The molecule has 1 aromatic heterocycles. The number of fused-ring (bicyclic) bond motifs is 1. The molecule has 1 heterocycles. The zero-order valence-electron chi connectivity index (χ0n) is 20.0. The van der Waals surface area contributed by atoms with Crippen molar-refractivity contribution in [2.24, 2.45) is 0 Å². The molecule has 184 valence electrons. The summed E-state index contributed by atoms with van der Waals surface area (Å²) in [7, 11) is -3.97. The molecule has 4 aromatic carbocycles. The smallest absolute Gasteiger partial charge is 0.265 e. The van der Waals surface area contributed by atoms with Crippen molar-refractivity contribution >= 4 is 27.0 Å². The van der Waals surface area contributed by atoms with Crippen LogP contribution in [0.1, 0.15) is 40.5 Å². The molecule has 1 fully saturated rings. The molecule has 7 heteroatoms. The van der Waals surface area contributed by atoms with Gasteiger partial charge in [0.25, 0.3) is 15.9 Å². The first kappa shape index (κ1) is 23.2. The number of aromatic nitrogens is 2. The van der Waals surface area contributed by atoms with Crippen molar-refractivity contribution in [3.63, 3.8) is 0 Å². The quantitative estimate of drug-likeness (QED) is 0.304. The van der Waals surface area contributed by atoms with Crippen LogP contribution in [0.5, 0.6) is 0 Å². The molecule has 0 spiro atoms. The fourth-order valence-corrected chi connectivity index (χ4v) is 5.55. The van der Waals surface area contributed by atoms with E-state index in [-0.39, 0.29) is 10.5 Å². The maximum atomic E-state index is 13.0. The van der Waals surface area contributed by atoms with Gasteiger partial charge in [-0.3, -0.25) is 4.79 Å². The summed E-state index contributed by atoms with van der Waals surface area (Å²) in [6.07, 6.45) is 2.19. The van der Waals surface area contributed by atoms with Gasteiger partial charge < -0.3 is 4.57 Å². The van der Waals surface area contributed by atoms with Gasteiger partial charge in [-0.1, -0.05) is 72.8 Å². The maximum absolute atomic E-state index is 13.0. The van der Waals surface area contributed by atoms with Crippen molar-refractivity contribution in [3.8, 4) is 11.1 Å². The number of sulfonamides is 1. The molecule has 0 saturated heterocycles. The fourth-order valence-electron chi connectivity index (χ4n) is 4.56. The largest absolute Gasteiger partial charge is 0.323 e. The molecule has 1 saturated carbocycles. The average Bonchev–Trinajstić information content (AvgIpc) is 3.72. The molecule has 0 bridgehead atoms. The Kier molecular flexibility index (Phi) is 5.85. The predicted molar refractivity (Wildman–Crippen MR) is 144 cm³/mol. The number of amides is 1. The average molecular weight is 508 g/mol. The van der Waals surface area contributed by atoms with Crippen molar-refractivity contribution in [2.75, 3.05) is 0 Å². The van der Waals surface area contributed by atoms with E-state index in [1.807, 2.05) is 18.2 Å². The summed E-state index contributed by atoms with van der Waals surface area (Å²) in [6.45, 7) is 0.616. The molecule has 6 rings (SSSR count). The van der Waals surface area contributed by atoms with E-state index in [0.717, 1.165) is 40.8 Å². The van der Waals surface area contributed by atoms with Crippen LogP contribution in [0.15, 0.2) is 108 Å². The molecule has 0 aliphatic heterocycles. The second-order valence-corrected chi connectivity index (χ2v) is 11.0. The lowest BCUT2D eigenvalue weighted by atomic mass is 10.0. The van der Waals surface area contributed by atoms with Crippen LogP contribution in [0.3, 0.4) is 0 Å². The topological polar surface area (TPSA) is 81.1 Å². The SMILES string of the molecule is O=C(NS(=O)(=O)c1ccccc1)c1ccc2nc(C3CC3)n(Cc3ccc(-c4ccccc4)cc3)c2c1. The number of rotatable bonds is 7. The monoisotopic (exact) mass is 507 g/mol. The van der Waals surface area contributed by atoms with E-state index in [9.17, 15) is 13.2 Å². The zero-order valence-corrected chi connectivity index (χ0v) is 20.9. The third-order valence-electron chi connectivity index (χ3n) is 6.66. The lowest BCUT2D eigenvalue weighted by Gasteiger charge is -2.11. The Balaban J connectivity index is 1.31. The number of nitrogens with one attached hydrogen (secondary N) is 1. The number of hydrogen-bond donors (Lipinski definition) is 1. The Bertz CT molecular complexity index is 1690. The lowest BCUT2D eigenvalue weighted by Crippen LogP contribution is -2.30. The van der Waals surface area contributed by atoms with Crippen LogP contribution in [0.4, 0.5) is 0 Å². The van der Waals surface area contributed by atoms with Gasteiger partial charge in [-0.05, 0) is 59.9 Å². The van der Waals surface area contributed by atoms with E-state index >= 15 is 0 Å². The van der Waals surface area contributed by atoms with E-state index in [4.69, 9.17) is 4.98 Å². The number of nitrogens with zero attached hydrogens (tertiary/aromatic N) is 2. The summed E-state index contributed by atoms with van der Waals surface area (Å²) in [4.78, 5) is 17.9. The number of imidazole rings is 1. The normalized spacial score (nSPS) is 13.5. The standard InChI is InChI=1S/C30H25N3O3S/c34-30(32-37(35,36)26-9-5-2-6-10-26)25-17-18-27-28(19-25)33(29(31-27)24-15-16-24)20-21-11-13-23(14-12-21)22-7-3-1-4-8-22/h1-14,17-19,24H,15-16,20H2,(H,32,34). The molecular weight excluding hydrogens is 482 g/mol. The van der Waals surface area contributed by atoms with Gasteiger partial charge in [-0.25, -0.2) is 18.1 Å². The number of hydrogen-bond acceptors (Lipinski definition) is 4. The highest BCUT2D eigenvalue weighted by atomic mass is 32.2. The minimum absolute atomic E-state index is 0.0458. The molecule has 0 unspecified atom stereocenters. The Labute approximate surface area is 215 Å². The van der Waals surface area contributed by atoms with Crippen LogP contribution >= 0.6 is 0 Å². The lowest BCUT2D eigenvalue weighted by molar-refractivity contribution is 0.0981. The summed E-state index contributed by atoms with van der Waals surface area (Å²) in [6, 6.07) is 31.8. The zero-order chi connectivity index (χ0) is 25.4. The van der Waals surface area contributed by atoms with Crippen LogP contribution in [-0.4, -0.2) is 23.9 Å². The first-order chi connectivity index (χ1) is 18.0. The van der Waals surface area contributed by atoms with E-state index in [1.165, 1.54) is 17.7 Å². The van der Waals surface area contributed by atoms with E-state index in [0.29, 0.717) is 12.5 Å². The maximum Gasteiger partial charge on any atom is 0.265 e. The summed E-state index contributed by atoms with van der Waals surface area (Å²) < 4.78 is 29.7. The van der Waals surface area contributed by atoms with Crippen LogP contribution in [0.25, 0.3) is 22.2 Å². The number of benzene rings is 4. The first-order valence-corrected chi connectivity index (χ1v) is 13.7. The Hall–Kier alpha value is -4.23. The van der Waals surface area contributed by atoms with Gasteiger partial charge in [0.05, 0.1) is 15.9 Å².